The van der Waals surface area contributed by atoms with Crippen LogP contribution in [0.2, 0.25) is 5.02 Å². The molecule has 5 nitrogen and oxygen atoms in total. The van der Waals surface area contributed by atoms with Gasteiger partial charge in [-0.05, 0) is 35.2 Å². The molecule has 0 saturated heterocycles. The number of rotatable bonds is 11. The predicted molar refractivity (Wildman–Crippen MR) is 143 cm³/mol. The fourth-order valence-electron chi connectivity index (χ4n) is 3.57. The average molecular weight is 558 g/mol. The molecule has 0 radical (unpaired) electrons. The number of amides is 2. The number of nitrogens with zero attached hydrogens (tertiary/aromatic N) is 1. The number of ether oxygens (including phenoxy) is 1. The largest absolute Gasteiger partial charge is 0.482 e. The Morgan fingerprint density at radius 1 is 0.971 bits per heavy atom. The first kappa shape index (κ1) is 26.8. The molecule has 0 aliphatic rings. The van der Waals surface area contributed by atoms with E-state index in [2.05, 4.69) is 21.2 Å². The van der Waals surface area contributed by atoms with Crippen molar-refractivity contribution in [3.8, 4) is 5.75 Å². The molecule has 0 fully saturated rings. The third-order valence-electron chi connectivity index (χ3n) is 5.40. The van der Waals surface area contributed by atoms with Crippen LogP contribution >= 0.6 is 27.5 Å². The SMILES string of the molecule is CC(C)CNC(=O)[C@H](Cc1ccccc1)N(Cc1ccccc1)C(=O)COc1ccc(Br)cc1Cl. The van der Waals surface area contributed by atoms with E-state index in [4.69, 9.17) is 16.3 Å². The highest BCUT2D eigenvalue weighted by molar-refractivity contribution is 9.10. The molecule has 0 aliphatic carbocycles. The van der Waals surface area contributed by atoms with Crippen molar-refractivity contribution in [3.63, 3.8) is 0 Å². The van der Waals surface area contributed by atoms with E-state index in [1.165, 1.54) is 0 Å². The Bertz CT molecular complexity index is 1110. The molecule has 0 aliphatic heterocycles. The third kappa shape index (κ3) is 8.41. The lowest BCUT2D eigenvalue weighted by Crippen LogP contribution is -2.52. The second-order valence-corrected chi connectivity index (χ2v) is 10.0. The monoisotopic (exact) mass is 556 g/mol. The minimum atomic E-state index is -0.701. The fraction of sp³-hybridized carbons (Fsp3) is 0.286. The zero-order valence-electron chi connectivity index (χ0n) is 19.9. The summed E-state index contributed by atoms with van der Waals surface area (Å²) < 4.78 is 6.59. The minimum Gasteiger partial charge on any atom is -0.482 e. The maximum atomic E-state index is 13.5. The average Bonchev–Trinajstić information content (AvgIpc) is 2.85. The third-order valence-corrected chi connectivity index (χ3v) is 6.19. The van der Waals surface area contributed by atoms with Crippen molar-refractivity contribution in [3.05, 3.63) is 99.5 Å². The Morgan fingerprint density at radius 2 is 1.60 bits per heavy atom. The summed E-state index contributed by atoms with van der Waals surface area (Å²) in [6.45, 7) is 4.65. The number of benzene rings is 3. The molecule has 1 N–H and O–H groups in total. The van der Waals surface area contributed by atoms with E-state index in [1.807, 2.05) is 74.5 Å². The molecule has 0 bridgehead atoms. The van der Waals surface area contributed by atoms with Crippen molar-refractivity contribution in [2.24, 2.45) is 5.92 Å². The lowest BCUT2D eigenvalue weighted by atomic mass is 10.0. The van der Waals surface area contributed by atoms with Crippen molar-refractivity contribution in [1.82, 2.24) is 10.2 Å². The van der Waals surface area contributed by atoms with Crippen LogP contribution in [0.4, 0.5) is 0 Å². The molecule has 35 heavy (non-hydrogen) atoms. The zero-order valence-corrected chi connectivity index (χ0v) is 22.3. The number of hydrogen-bond donors (Lipinski definition) is 1. The predicted octanol–water partition coefficient (Wildman–Crippen LogP) is 5.89. The van der Waals surface area contributed by atoms with E-state index in [9.17, 15) is 9.59 Å². The first-order chi connectivity index (χ1) is 16.8. The maximum absolute atomic E-state index is 13.5. The Morgan fingerprint density at radius 3 is 2.20 bits per heavy atom. The summed E-state index contributed by atoms with van der Waals surface area (Å²) in [7, 11) is 0. The Labute approximate surface area is 220 Å². The van der Waals surface area contributed by atoms with Crippen LogP contribution in [0, 0.1) is 5.92 Å². The standard InChI is InChI=1S/C28H30BrClN2O3/c1-20(2)17-31-28(34)25(15-21-9-5-3-6-10-21)32(18-22-11-7-4-8-12-22)27(33)19-35-26-14-13-23(29)16-24(26)30/h3-14,16,20,25H,15,17-19H2,1-2H3,(H,31,34)/t25-/m0/s1. The van der Waals surface area contributed by atoms with Gasteiger partial charge >= 0.3 is 0 Å². The summed E-state index contributed by atoms with van der Waals surface area (Å²) in [6, 6.07) is 23.9. The van der Waals surface area contributed by atoms with Crippen LogP contribution in [0.3, 0.4) is 0 Å². The molecule has 7 heteroatoms. The van der Waals surface area contributed by atoms with Crippen molar-refractivity contribution in [2.75, 3.05) is 13.2 Å². The smallest absolute Gasteiger partial charge is 0.261 e. The summed E-state index contributed by atoms with van der Waals surface area (Å²) in [6.07, 6.45) is 0.391. The number of carbonyl (C=O) groups is 2. The molecule has 1 atom stereocenters. The molecule has 3 rings (SSSR count). The molecular formula is C28H30BrClN2O3. The van der Waals surface area contributed by atoms with E-state index in [0.717, 1.165) is 15.6 Å². The first-order valence-corrected chi connectivity index (χ1v) is 12.7. The molecule has 3 aromatic rings. The van der Waals surface area contributed by atoms with Crippen molar-refractivity contribution in [1.29, 1.82) is 0 Å². The van der Waals surface area contributed by atoms with Crippen LogP contribution in [0.1, 0.15) is 25.0 Å². The second-order valence-electron chi connectivity index (χ2n) is 8.72. The fourth-order valence-corrected chi connectivity index (χ4v) is 4.30. The molecular weight excluding hydrogens is 528 g/mol. The normalized spacial score (nSPS) is 11.7. The number of carbonyl (C=O) groups excluding carboxylic acids is 2. The van der Waals surface area contributed by atoms with Gasteiger partial charge in [0.15, 0.2) is 6.61 Å². The van der Waals surface area contributed by atoms with Gasteiger partial charge < -0.3 is 15.0 Å². The summed E-state index contributed by atoms with van der Waals surface area (Å²) >= 11 is 9.64. The highest BCUT2D eigenvalue weighted by Gasteiger charge is 2.30. The number of nitrogens with one attached hydrogen (secondary N) is 1. The second kappa shape index (κ2) is 13.3. The van der Waals surface area contributed by atoms with Gasteiger partial charge in [-0.3, -0.25) is 9.59 Å². The molecule has 2 amide bonds. The van der Waals surface area contributed by atoms with Gasteiger partial charge in [-0.25, -0.2) is 0 Å². The highest BCUT2D eigenvalue weighted by atomic mass is 79.9. The summed E-state index contributed by atoms with van der Waals surface area (Å²) in [5.74, 6) is 0.214. The van der Waals surface area contributed by atoms with Gasteiger partial charge in [-0.1, -0.05) is 102 Å². The quantitative estimate of drug-likeness (QED) is 0.320. The van der Waals surface area contributed by atoms with Crippen LogP contribution in [0.5, 0.6) is 5.75 Å². The molecule has 0 spiro atoms. The highest BCUT2D eigenvalue weighted by Crippen LogP contribution is 2.28. The summed E-state index contributed by atoms with van der Waals surface area (Å²) in [5, 5.41) is 3.41. The van der Waals surface area contributed by atoms with Gasteiger partial charge in [0.25, 0.3) is 5.91 Å². The Hall–Kier alpha value is -2.83. The van der Waals surface area contributed by atoms with Crippen LogP contribution < -0.4 is 10.1 Å². The zero-order chi connectivity index (χ0) is 25.2. The van der Waals surface area contributed by atoms with Crippen LogP contribution in [0.25, 0.3) is 0 Å². The van der Waals surface area contributed by atoms with Gasteiger partial charge in [-0.2, -0.15) is 0 Å². The van der Waals surface area contributed by atoms with Gasteiger partial charge in [0, 0.05) is 24.0 Å². The lowest BCUT2D eigenvalue weighted by Gasteiger charge is -2.31. The van der Waals surface area contributed by atoms with Crippen LogP contribution in [-0.2, 0) is 22.6 Å². The minimum absolute atomic E-state index is 0.187. The van der Waals surface area contributed by atoms with Crippen LogP contribution in [-0.4, -0.2) is 35.9 Å². The molecule has 0 unspecified atom stereocenters. The molecule has 184 valence electrons. The van der Waals surface area contributed by atoms with E-state index < -0.39 is 6.04 Å². The molecule has 0 saturated carbocycles. The summed E-state index contributed by atoms with van der Waals surface area (Å²) in [4.78, 5) is 28.5. The molecule has 3 aromatic carbocycles. The topological polar surface area (TPSA) is 58.6 Å². The van der Waals surface area contributed by atoms with Gasteiger partial charge in [-0.15, -0.1) is 0 Å². The molecule has 0 heterocycles. The Kier molecular flexibility index (Phi) is 10.2. The van der Waals surface area contributed by atoms with E-state index in [1.54, 1.807) is 23.1 Å². The molecule has 0 aromatic heterocycles. The summed E-state index contributed by atoms with van der Waals surface area (Å²) in [5.41, 5.74) is 1.90. The van der Waals surface area contributed by atoms with Crippen molar-refractivity contribution in [2.45, 2.75) is 32.9 Å². The lowest BCUT2D eigenvalue weighted by molar-refractivity contribution is -0.142. The van der Waals surface area contributed by atoms with Gasteiger partial charge in [0.05, 0.1) is 5.02 Å². The number of hydrogen-bond acceptors (Lipinski definition) is 3. The van der Waals surface area contributed by atoms with Crippen molar-refractivity contribution < 1.29 is 14.3 Å². The maximum Gasteiger partial charge on any atom is 0.261 e. The Balaban J connectivity index is 1.88. The van der Waals surface area contributed by atoms with E-state index >= 15 is 0 Å². The number of halogens is 2. The van der Waals surface area contributed by atoms with E-state index in [-0.39, 0.29) is 30.9 Å². The van der Waals surface area contributed by atoms with Crippen LogP contribution in [0.15, 0.2) is 83.3 Å². The first-order valence-electron chi connectivity index (χ1n) is 11.6. The van der Waals surface area contributed by atoms with E-state index in [0.29, 0.717) is 23.7 Å². The van der Waals surface area contributed by atoms with Gasteiger partial charge in [0.1, 0.15) is 11.8 Å². The van der Waals surface area contributed by atoms with Gasteiger partial charge in [0.2, 0.25) is 5.91 Å². The van der Waals surface area contributed by atoms with Crippen molar-refractivity contribution >= 4 is 39.3 Å².